The quantitative estimate of drug-likeness (QED) is 0.837. The van der Waals surface area contributed by atoms with Gasteiger partial charge in [-0.15, -0.1) is 24.8 Å². The number of morpholine rings is 1. The molecule has 2 N–H and O–H groups in total. The number of nitrogens with two attached hydrogens (primary N) is 1. The lowest BCUT2D eigenvalue weighted by atomic mass is 10.00. The molecule has 2 heterocycles. The number of piperidine rings is 1. The molecule has 2 aliphatic rings. The summed E-state index contributed by atoms with van der Waals surface area (Å²) in [6, 6.07) is 9.01. The van der Waals surface area contributed by atoms with Gasteiger partial charge in [0.25, 0.3) is 0 Å². The highest BCUT2D eigenvalue weighted by atomic mass is 35.5. The molecule has 2 saturated heterocycles. The molecule has 2 aliphatic heterocycles. The number of ether oxygens (including phenoxy) is 1. The smallest absolute Gasteiger partial charge is 0.0594 e. The molecule has 0 bridgehead atoms. The van der Waals surface area contributed by atoms with Crippen molar-refractivity contribution in [2.24, 2.45) is 0 Å². The maximum atomic E-state index is 5.91. The van der Waals surface area contributed by atoms with Gasteiger partial charge in [0.05, 0.1) is 13.2 Å². The second-order valence-corrected chi connectivity index (χ2v) is 6.28. The zero-order valence-corrected chi connectivity index (χ0v) is 15.3. The Hall–Kier alpha value is -0.520. The number of anilines is 1. The second kappa shape index (κ2) is 10.4. The summed E-state index contributed by atoms with van der Waals surface area (Å²) >= 11 is 0. The van der Waals surface area contributed by atoms with Gasteiger partial charge in [-0.05, 0) is 37.1 Å². The normalized spacial score (nSPS) is 22.9. The standard InChI is InChI=1S/C17H27N3O.2ClH/c18-16-5-3-4-15(12-16)13-20-7-2-1-6-17(20)14-19-8-10-21-11-9-19;;/h3-5,12,17H,1-2,6-11,13-14,18H2;2*1H. The molecule has 1 atom stereocenters. The molecular formula is C17H29Cl2N3O. The van der Waals surface area contributed by atoms with E-state index >= 15 is 0 Å². The number of nitrogens with zero attached hydrogens (tertiary/aromatic N) is 2. The molecule has 3 rings (SSSR count). The third kappa shape index (κ3) is 6.12. The highest BCUT2D eigenvalue weighted by Gasteiger charge is 2.25. The number of hydrogen-bond donors (Lipinski definition) is 1. The summed E-state index contributed by atoms with van der Waals surface area (Å²) in [6.07, 6.45) is 4.00. The molecule has 1 unspecified atom stereocenters. The van der Waals surface area contributed by atoms with Crippen molar-refractivity contribution in [2.45, 2.75) is 31.8 Å². The first kappa shape index (κ1) is 20.5. The van der Waals surface area contributed by atoms with Crippen LogP contribution in [0.1, 0.15) is 24.8 Å². The first-order chi connectivity index (χ1) is 10.3. The predicted molar refractivity (Wildman–Crippen MR) is 101 cm³/mol. The van der Waals surface area contributed by atoms with Crippen molar-refractivity contribution in [3.63, 3.8) is 0 Å². The molecule has 0 amide bonds. The Morgan fingerprint density at radius 2 is 1.87 bits per heavy atom. The van der Waals surface area contributed by atoms with Crippen molar-refractivity contribution < 1.29 is 4.74 Å². The Kier molecular flexibility index (Phi) is 9.25. The topological polar surface area (TPSA) is 41.7 Å². The van der Waals surface area contributed by atoms with Crippen molar-refractivity contribution in [1.29, 1.82) is 0 Å². The third-order valence-corrected chi connectivity index (χ3v) is 4.66. The Labute approximate surface area is 152 Å². The lowest BCUT2D eigenvalue weighted by molar-refractivity contribution is 0.0153. The van der Waals surface area contributed by atoms with Gasteiger partial charge < -0.3 is 10.5 Å². The zero-order chi connectivity index (χ0) is 14.5. The lowest BCUT2D eigenvalue weighted by Crippen LogP contribution is -2.49. The minimum absolute atomic E-state index is 0. The third-order valence-electron chi connectivity index (χ3n) is 4.66. The van der Waals surface area contributed by atoms with Gasteiger partial charge in [0.2, 0.25) is 0 Å². The van der Waals surface area contributed by atoms with Crippen LogP contribution in [0.3, 0.4) is 0 Å². The van der Waals surface area contributed by atoms with Crippen LogP contribution in [0, 0.1) is 0 Å². The summed E-state index contributed by atoms with van der Waals surface area (Å²) in [4.78, 5) is 5.21. The number of benzene rings is 1. The van der Waals surface area contributed by atoms with Crippen LogP contribution in [-0.4, -0.2) is 55.2 Å². The first-order valence-electron chi connectivity index (χ1n) is 8.20. The van der Waals surface area contributed by atoms with Gasteiger partial charge in [0.1, 0.15) is 0 Å². The van der Waals surface area contributed by atoms with E-state index in [1.54, 1.807) is 0 Å². The van der Waals surface area contributed by atoms with E-state index in [0.717, 1.165) is 38.5 Å². The molecule has 132 valence electrons. The maximum absolute atomic E-state index is 5.91. The van der Waals surface area contributed by atoms with E-state index in [-0.39, 0.29) is 24.8 Å². The van der Waals surface area contributed by atoms with Crippen molar-refractivity contribution in [3.05, 3.63) is 29.8 Å². The molecular weight excluding hydrogens is 333 g/mol. The van der Waals surface area contributed by atoms with Crippen LogP contribution >= 0.6 is 24.8 Å². The highest BCUT2D eigenvalue weighted by molar-refractivity contribution is 5.85. The lowest BCUT2D eigenvalue weighted by Gasteiger charge is -2.39. The van der Waals surface area contributed by atoms with E-state index in [9.17, 15) is 0 Å². The predicted octanol–water partition coefficient (Wildman–Crippen LogP) is 2.80. The minimum Gasteiger partial charge on any atom is -0.399 e. The Morgan fingerprint density at radius 3 is 2.61 bits per heavy atom. The number of nitrogen functional groups attached to an aromatic ring is 1. The second-order valence-electron chi connectivity index (χ2n) is 6.28. The van der Waals surface area contributed by atoms with Gasteiger partial charge in [0, 0.05) is 37.9 Å². The molecule has 0 radical (unpaired) electrons. The average Bonchev–Trinajstić information content (AvgIpc) is 2.50. The highest BCUT2D eigenvalue weighted by Crippen LogP contribution is 2.21. The fraction of sp³-hybridized carbons (Fsp3) is 0.647. The number of rotatable bonds is 4. The molecule has 0 aromatic heterocycles. The molecule has 1 aromatic rings. The Bertz CT molecular complexity index is 455. The fourth-order valence-corrected chi connectivity index (χ4v) is 3.48. The minimum atomic E-state index is 0. The van der Waals surface area contributed by atoms with E-state index in [4.69, 9.17) is 10.5 Å². The van der Waals surface area contributed by atoms with Gasteiger partial charge in [-0.2, -0.15) is 0 Å². The van der Waals surface area contributed by atoms with Gasteiger partial charge >= 0.3 is 0 Å². The maximum Gasteiger partial charge on any atom is 0.0594 e. The van der Waals surface area contributed by atoms with Crippen molar-refractivity contribution in [1.82, 2.24) is 9.80 Å². The first-order valence-corrected chi connectivity index (χ1v) is 8.20. The summed E-state index contributed by atoms with van der Waals surface area (Å²) < 4.78 is 5.46. The van der Waals surface area contributed by atoms with E-state index in [1.807, 2.05) is 6.07 Å². The molecule has 0 spiro atoms. The van der Waals surface area contributed by atoms with Crippen LogP contribution in [0.25, 0.3) is 0 Å². The number of likely N-dealkylation sites (tertiary alicyclic amines) is 1. The van der Waals surface area contributed by atoms with Crippen molar-refractivity contribution in [2.75, 3.05) is 45.1 Å². The molecule has 23 heavy (non-hydrogen) atoms. The van der Waals surface area contributed by atoms with E-state index in [1.165, 1.54) is 37.9 Å². The van der Waals surface area contributed by atoms with Crippen LogP contribution in [0.2, 0.25) is 0 Å². The van der Waals surface area contributed by atoms with E-state index in [0.29, 0.717) is 6.04 Å². The van der Waals surface area contributed by atoms with Crippen LogP contribution < -0.4 is 5.73 Å². The van der Waals surface area contributed by atoms with Crippen LogP contribution in [0.15, 0.2) is 24.3 Å². The van der Waals surface area contributed by atoms with E-state index in [2.05, 4.69) is 28.0 Å². The number of halogens is 2. The summed E-state index contributed by atoms with van der Waals surface area (Å²) in [7, 11) is 0. The SMILES string of the molecule is Cl.Cl.Nc1cccc(CN2CCCCC2CN2CCOCC2)c1. The van der Waals surface area contributed by atoms with Crippen LogP contribution in [0.5, 0.6) is 0 Å². The summed E-state index contributed by atoms with van der Waals surface area (Å²) in [5, 5.41) is 0. The fourth-order valence-electron chi connectivity index (χ4n) is 3.48. The Morgan fingerprint density at radius 1 is 1.09 bits per heavy atom. The summed E-state index contributed by atoms with van der Waals surface area (Å²) in [5.74, 6) is 0. The average molecular weight is 362 g/mol. The molecule has 0 saturated carbocycles. The largest absolute Gasteiger partial charge is 0.399 e. The molecule has 0 aliphatic carbocycles. The molecule has 6 heteroatoms. The molecule has 2 fully saturated rings. The van der Waals surface area contributed by atoms with E-state index < -0.39 is 0 Å². The van der Waals surface area contributed by atoms with Crippen molar-refractivity contribution >= 4 is 30.5 Å². The zero-order valence-electron chi connectivity index (χ0n) is 13.7. The van der Waals surface area contributed by atoms with Crippen LogP contribution in [-0.2, 0) is 11.3 Å². The van der Waals surface area contributed by atoms with Crippen LogP contribution in [0.4, 0.5) is 5.69 Å². The van der Waals surface area contributed by atoms with Gasteiger partial charge in [-0.3, -0.25) is 9.80 Å². The molecule has 4 nitrogen and oxygen atoms in total. The summed E-state index contributed by atoms with van der Waals surface area (Å²) in [5.41, 5.74) is 8.11. The Balaban J connectivity index is 0.00000132. The summed E-state index contributed by atoms with van der Waals surface area (Å²) in [6.45, 7) is 7.38. The van der Waals surface area contributed by atoms with Gasteiger partial charge in [0.15, 0.2) is 0 Å². The monoisotopic (exact) mass is 361 g/mol. The molecule has 1 aromatic carbocycles. The van der Waals surface area contributed by atoms with Crippen molar-refractivity contribution in [3.8, 4) is 0 Å². The van der Waals surface area contributed by atoms with Gasteiger partial charge in [-0.1, -0.05) is 18.6 Å². The van der Waals surface area contributed by atoms with Gasteiger partial charge in [-0.25, -0.2) is 0 Å². The number of hydrogen-bond acceptors (Lipinski definition) is 4.